The first-order chi connectivity index (χ1) is 14.1. The molecule has 1 saturated carbocycles. The molecule has 150 valence electrons. The van der Waals surface area contributed by atoms with E-state index in [1.807, 2.05) is 12.1 Å². The molecular weight excluding hydrogens is 434 g/mol. The van der Waals surface area contributed by atoms with Crippen molar-refractivity contribution in [2.75, 3.05) is 12.5 Å². The van der Waals surface area contributed by atoms with Gasteiger partial charge in [0.2, 0.25) is 0 Å². The summed E-state index contributed by atoms with van der Waals surface area (Å²) in [5.41, 5.74) is 3.58. The number of rotatable bonds is 4. The SMILES string of the molecule is COc1ccc(Br)c(C(=O)Nn2c(C3CCCCC3)nc3ccccc3c2=O)c1. The van der Waals surface area contributed by atoms with E-state index in [0.717, 1.165) is 25.7 Å². The highest BCUT2D eigenvalue weighted by atomic mass is 79.9. The molecule has 0 atom stereocenters. The zero-order chi connectivity index (χ0) is 20.4. The van der Waals surface area contributed by atoms with Gasteiger partial charge in [-0.2, -0.15) is 0 Å². The van der Waals surface area contributed by atoms with Crippen LogP contribution >= 0.6 is 15.9 Å². The van der Waals surface area contributed by atoms with E-state index in [2.05, 4.69) is 21.4 Å². The van der Waals surface area contributed by atoms with Gasteiger partial charge in [-0.15, -0.1) is 0 Å². The quantitative estimate of drug-likeness (QED) is 0.623. The number of amides is 1. The van der Waals surface area contributed by atoms with Crippen molar-refractivity contribution in [2.45, 2.75) is 38.0 Å². The Kier molecular flexibility index (Phi) is 5.67. The molecule has 6 nitrogen and oxygen atoms in total. The number of fused-ring (bicyclic) bond motifs is 1. The highest BCUT2D eigenvalue weighted by molar-refractivity contribution is 9.10. The van der Waals surface area contributed by atoms with E-state index in [-0.39, 0.29) is 11.5 Å². The van der Waals surface area contributed by atoms with Gasteiger partial charge < -0.3 is 4.74 Å². The molecule has 0 bridgehead atoms. The number of halogens is 1. The van der Waals surface area contributed by atoms with E-state index in [1.54, 1.807) is 37.4 Å². The van der Waals surface area contributed by atoms with Gasteiger partial charge in [0.1, 0.15) is 11.6 Å². The first-order valence-electron chi connectivity index (χ1n) is 9.75. The fourth-order valence-corrected chi connectivity index (χ4v) is 4.29. The summed E-state index contributed by atoms with van der Waals surface area (Å²) >= 11 is 3.41. The Morgan fingerprint density at radius 1 is 1.17 bits per heavy atom. The number of carbonyl (C=O) groups excluding carboxylic acids is 1. The topological polar surface area (TPSA) is 73.2 Å². The number of carbonyl (C=O) groups is 1. The largest absolute Gasteiger partial charge is 0.497 e. The predicted octanol–water partition coefficient (Wildman–Crippen LogP) is 4.60. The number of aromatic nitrogens is 2. The van der Waals surface area contributed by atoms with E-state index in [9.17, 15) is 9.59 Å². The standard InChI is InChI=1S/C22H22BrN3O3/c1-29-15-11-12-18(23)17(13-15)21(27)25-26-20(14-7-3-2-4-8-14)24-19-10-6-5-9-16(19)22(26)28/h5-6,9-14H,2-4,7-8H2,1H3,(H,25,27). The maximum atomic E-state index is 13.2. The average molecular weight is 456 g/mol. The van der Waals surface area contributed by atoms with Gasteiger partial charge in [0.25, 0.3) is 11.5 Å². The highest BCUT2D eigenvalue weighted by Crippen LogP contribution is 2.31. The molecular formula is C22H22BrN3O3. The minimum atomic E-state index is -0.396. The van der Waals surface area contributed by atoms with Crippen molar-refractivity contribution in [2.24, 2.45) is 0 Å². The molecule has 0 unspecified atom stereocenters. The first-order valence-corrected chi connectivity index (χ1v) is 10.5. The van der Waals surface area contributed by atoms with Crippen LogP contribution in [0.5, 0.6) is 5.75 Å². The second kappa shape index (κ2) is 8.37. The third-order valence-corrected chi connectivity index (χ3v) is 6.09. The number of hydrogen-bond donors (Lipinski definition) is 1. The van der Waals surface area contributed by atoms with Gasteiger partial charge in [-0.3, -0.25) is 15.0 Å². The summed E-state index contributed by atoms with van der Waals surface area (Å²) < 4.78 is 7.19. The Bertz CT molecular complexity index is 1120. The van der Waals surface area contributed by atoms with Gasteiger partial charge in [-0.1, -0.05) is 31.4 Å². The average Bonchev–Trinajstić information content (AvgIpc) is 2.76. The van der Waals surface area contributed by atoms with E-state index < -0.39 is 5.91 Å². The van der Waals surface area contributed by atoms with Crippen molar-refractivity contribution in [1.82, 2.24) is 9.66 Å². The number of hydrogen-bond acceptors (Lipinski definition) is 4. The van der Waals surface area contributed by atoms with Crippen LogP contribution in [0.1, 0.15) is 54.2 Å². The molecule has 29 heavy (non-hydrogen) atoms. The summed E-state index contributed by atoms with van der Waals surface area (Å²) in [7, 11) is 1.55. The molecule has 2 aromatic carbocycles. The second-order valence-corrected chi connectivity index (χ2v) is 8.10. The zero-order valence-electron chi connectivity index (χ0n) is 16.2. The molecule has 1 N–H and O–H groups in total. The Morgan fingerprint density at radius 3 is 2.69 bits per heavy atom. The Labute approximate surface area is 177 Å². The van der Waals surface area contributed by atoms with Gasteiger partial charge in [0, 0.05) is 10.4 Å². The summed E-state index contributed by atoms with van der Waals surface area (Å²) in [4.78, 5) is 31.1. The molecule has 7 heteroatoms. The molecule has 4 rings (SSSR count). The van der Waals surface area contributed by atoms with Gasteiger partial charge in [0.15, 0.2) is 0 Å². The third kappa shape index (κ3) is 3.92. The fourth-order valence-electron chi connectivity index (χ4n) is 3.86. The van der Waals surface area contributed by atoms with Crippen LogP contribution in [0, 0.1) is 0 Å². The van der Waals surface area contributed by atoms with Gasteiger partial charge in [-0.05, 0) is 59.1 Å². The number of nitrogens with zero attached hydrogens (tertiary/aromatic N) is 2. The van der Waals surface area contributed by atoms with Crippen LogP contribution in [0.25, 0.3) is 10.9 Å². The summed E-state index contributed by atoms with van der Waals surface area (Å²) in [5, 5.41) is 0.483. The van der Waals surface area contributed by atoms with Crippen molar-refractivity contribution in [3.8, 4) is 5.75 Å². The second-order valence-electron chi connectivity index (χ2n) is 7.25. The minimum absolute atomic E-state index is 0.148. The summed E-state index contributed by atoms with van der Waals surface area (Å²) in [6.45, 7) is 0. The maximum absolute atomic E-state index is 13.2. The Morgan fingerprint density at radius 2 is 1.93 bits per heavy atom. The number of ether oxygens (including phenoxy) is 1. The molecule has 1 aliphatic rings. The number of benzene rings is 2. The van der Waals surface area contributed by atoms with E-state index >= 15 is 0 Å². The molecule has 1 aliphatic carbocycles. The molecule has 1 amide bonds. The monoisotopic (exact) mass is 455 g/mol. The first kappa shape index (κ1) is 19.6. The van der Waals surface area contributed by atoms with E-state index in [0.29, 0.717) is 32.5 Å². The Hall–Kier alpha value is -2.67. The number of nitrogens with one attached hydrogen (secondary N) is 1. The van der Waals surface area contributed by atoms with Gasteiger partial charge >= 0.3 is 0 Å². The molecule has 0 aliphatic heterocycles. The maximum Gasteiger partial charge on any atom is 0.280 e. The molecule has 3 aromatic rings. The van der Waals surface area contributed by atoms with Gasteiger partial charge in [0.05, 0.1) is 23.6 Å². The van der Waals surface area contributed by atoms with Crippen molar-refractivity contribution >= 4 is 32.7 Å². The molecule has 1 heterocycles. The fraction of sp³-hybridized carbons (Fsp3) is 0.318. The van der Waals surface area contributed by atoms with Crippen molar-refractivity contribution < 1.29 is 9.53 Å². The van der Waals surface area contributed by atoms with Crippen molar-refractivity contribution in [3.63, 3.8) is 0 Å². The predicted molar refractivity (Wildman–Crippen MR) is 116 cm³/mol. The lowest BCUT2D eigenvalue weighted by Gasteiger charge is -2.24. The van der Waals surface area contributed by atoms with Crippen molar-refractivity contribution in [1.29, 1.82) is 0 Å². The molecule has 1 aromatic heterocycles. The molecule has 0 saturated heterocycles. The number of methoxy groups -OCH3 is 1. The van der Waals surface area contributed by atoms with Crippen LogP contribution in [0.3, 0.4) is 0 Å². The molecule has 0 spiro atoms. The molecule has 1 fully saturated rings. The van der Waals surface area contributed by atoms with Gasteiger partial charge in [-0.25, -0.2) is 9.66 Å². The zero-order valence-corrected chi connectivity index (χ0v) is 17.7. The van der Waals surface area contributed by atoms with Crippen LogP contribution in [-0.2, 0) is 0 Å². The van der Waals surface area contributed by atoms with Crippen LogP contribution in [0.4, 0.5) is 0 Å². The van der Waals surface area contributed by atoms with Crippen LogP contribution in [0.2, 0.25) is 0 Å². The smallest absolute Gasteiger partial charge is 0.280 e. The normalized spacial score (nSPS) is 14.7. The number of para-hydroxylation sites is 1. The van der Waals surface area contributed by atoms with E-state index in [4.69, 9.17) is 9.72 Å². The van der Waals surface area contributed by atoms with Crippen LogP contribution in [0.15, 0.2) is 51.7 Å². The molecule has 0 radical (unpaired) electrons. The lowest BCUT2D eigenvalue weighted by molar-refractivity contribution is 0.100. The van der Waals surface area contributed by atoms with Crippen LogP contribution < -0.4 is 15.7 Å². The minimum Gasteiger partial charge on any atom is -0.497 e. The third-order valence-electron chi connectivity index (χ3n) is 5.40. The van der Waals surface area contributed by atoms with Crippen molar-refractivity contribution in [3.05, 3.63) is 68.7 Å². The lowest BCUT2D eigenvalue weighted by Crippen LogP contribution is -2.37. The summed E-state index contributed by atoms with van der Waals surface area (Å²) in [6, 6.07) is 12.4. The van der Waals surface area contributed by atoms with Crippen LogP contribution in [-0.4, -0.2) is 22.7 Å². The Balaban J connectivity index is 1.80. The lowest BCUT2D eigenvalue weighted by atomic mass is 9.88. The summed E-state index contributed by atoms with van der Waals surface area (Å²) in [6.07, 6.45) is 5.32. The van der Waals surface area contributed by atoms with E-state index in [1.165, 1.54) is 11.1 Å². The summed E-state index contributed by atoms with van der Waals surface area (Å²) in [5.74, 6) is 0.942. The highest BCUT2D eigenvalue weighted by Gasteiger charge is 2.24.